The van der Waals surface area contributed by atoms with Crippen molar-refractivity contribution < 1.29 is 0 Å². The summed E-state index contributed by atoms with van der Waals surface area (Å²) < 4.78 is 0. The Kier molecular flexibility index (Phi) is 5.67. The molecule has 0 radical (unpaired) electrons. The van der Waals surface area contributed by atoms with E-state index in [1.807, 2.05) is 18.2 Å². The first-order valence-electron chi connectivity index (χ1n) is 7.43. The van der Waals surface area contributed by atoms with E-state index >= 15 is 0 Å². The first-order chi connectivity index (χ1) is 9.60. The third-order valence-electron chi connectivity index (χ3n) is 4.37. The minimum atomic E-state index is 0.416. The van der Waals surface area contributed by atoms with Crippen molar-refractivity contribution in [2.24, 2.45) is 17.6 Å². The molecule has 0 aromatic heterocycles. The Hall–Kier alpha value is -0.800. The van der Waals surface area contributed by atoms with Gasteiger partial charge in [0.05, 0.1) is 0 Å². The number of hydrogen-bond donors (Lipinski definition) is 2. The van der Waals surface area contributed by atoms with Crippen molar-refractivity contribution in [2.75, 3.05) is 11.9 Å². The molecule has 2 nitrogen and oxygen atoms in total. The minimum Gasteiger partial charge on any atom is -0.389 e. The highest BCUT2D eigenvalue weighted by atomic mass is 35.5. The van der Waals surface area contributed by atoms with Crippen molar-refractivity contribution in [1.29, 1.82) is 0 Å². The van der Waals surface area contributed by atoms with E-state index in [4.69, 9.17) is 29.6 Å². The molecule has 20 heavy (non-hydrogen) atoms. The number of anilines is 1. The third kappa shape index (κ3) is 4.10. The van der Waals surface area contributed by atoms with Gasteiger partial charge >= 0.3 is 0 Å². The molecule has 0 atom stereocenters. The van der Waals surface area contributed by atoms with Gasteiger partial charge in [-0.15, -0.1) is 0 Å². The maximum atomic E-state index is 6.06. The van der Waals surface area contributed by atoms with Gasteiger partial charge in [0.25, 0.3) is 0 Å². The van der Waals surface area contributed by atoms with E-state index in [1.165, 1.54) is 32.1 Å². The Bertz CT molecular complexity index is 468. The molecule has 1 aromatic carbocycles. The fraction of sp³-hybridized carbons (Fsp3) is 0.562. The topological polar surface area (TPSA) is 38.0 Å². The van der Waals surface area contributed by atoms with Crippen molar-refractivity contribution >= 4 is 34.5 Å². The third-order valence-corrected chi connectivity index (χ3v) is 4.83. The summed E-state index contributed by atoms with van der Waals surface area (Å²) in [6.45, 7) is 3.27. The van der Waals surface area contributed by atoms with Gasteiger partial charge in [0.2, 0.25) is 0 Å². The maximum Gasteiger partial charge on any atom is 0.106 e. The zero-order valence-electron chi connectivity index (χ0n) is 12.0. The molecule has 1 aliphatic carbocycles. The van der Waals surface area contributed by atoms with Crippen LogP contribution in [0.4, 0.5) is 5.69 Å². The largest absolute Gasteiger partial charge is 0.389 e. The van der Waals surface area contributed by atoms with Crippen LogP contribution < -0.4 is 11.1 Å². The lowest BCUT2D eigenvalue weighted by Crippen LogP contribution is -2.22. The molecule has 0 saturated heterocycles. The summed E-state index contributed by atoms with van der Waals surface area (Å²) in [6, 6.07) is 5.63. The second-order valence-corrected chi connectivity index (χ2v) is 6.61. The highest BCUT2D eigenvalue weighted by Gasteiger charge is 2.20. The molecule has 0 unspecified atom stereocenters. The molecule has 110 valence electrons. The molecule has 0 aliphatic heterocycles. The SMILES string of the molecule is CCC1CCC(CNc2cc(Cl)ccc2C(N)=S)CC1. The summed E-state index contributed by atoms with van der Waals surface area (Å²) in [7, 11) is 0. The number of rotatable bonds is 5. The van der Waals surface area contributed by atoms with Gasteiger partial charge in [0, 0.05) is 22.8 Å². The van der Waals surface area contributed by atoms with Gasteiger partial charge < -0.3 is 11.1 Å². The monoisotopic (exact) mass is 310 g/mol. The quantitative estimate of drug-likeness (QED) is 0.780. The number of halogens is 1. The zero-order valence-corrected chi connectivity index (χ0v) is 13.6. The van der Waals surface area contributed by atoms with Gasteiger partial charge in [-0.3, -0.25) is 0 Å². The minimum absolute atomic E-state index is 0.416. The maximum absolute atomic E-state index is 6.06. The Morgan fingerprint density at radius 2 is 1.95 bits per heavy atom. The summed E-state index contributed by atoms with van der Waals surface area (Å²) in [6.07, 6.45) is 6.67. The summed E-state index contributed by atoms with van der Waals surface area (Å²) in [4.78, 5) is 0.416. The summed E-state index contributed by atoms with van der Waals surface area (Å²) in [5.41, 5.74) is 7.60. The Labute approximate surface area is 132 Å². The molecule has 1 aliphatic rings. The van der Waals surface area contributed by atoms with Crippen LogP contribution in [0.1, 0.15) is 44.6 Å². The fourth-order valence-corrected chi connectivity index (χ4v) is 3.33. The molecule has 1 aromatic rings. The van der Waals surface area contributed by atoms with Crippen LogP contribution in [0.2, 0.25) is 5.02 Å². The number of benzene rings is 1. The van der Waals surface area contributed by atoms with Gasteiger partial charge in [0.1, 0.15) is 4.99 Å². The van der Waals surface area contributed by atoms with E-state index in [9.17, 15) is 0 Å². The molecule has 0 amide bonds. The molecule has 3 N–H and O–H groups in total. The molecule has 0 heterocycles. The highest BCUT2D eigenvalue weighted by Crippen LogP contribution is 2.31. The van der Waals surface area contributed by atoms with Crippen LogP contribution in [0.3, 0.4) is 0 Å². The molecular weight excluding hydrogens is 288 g/mol. The van der Waals surface area contributed by atoms with Crippen LogP contribution in [0.25, 0.3) is 0 Å². The van der Waals surface area contributed by atoms with Gasteiger partial charge in [-0.25, -0.2) is 0 Å². The van der Waals surface area contributed by atoms with Crippen molar-refractivity contribution in [3.63, 3.8) is 0 Å². The lowest BCUT2D eigenvalue weighted by atomic mass is 9.81. The van der Waals surface area contributed by atoms with Gasteiger partial charge in [-0.05, 0) is 42.9 Å². The predicted molar refractivity (Wildman–Crippen MR) is 91.6 cm³/mol. The van der Waals surface area contributed by atoms with E-state index in [2.05, 4.69) is 12.2 Å². The molecule has 1 fully saturated rings. The normalized spacial score (nSPS) is 22.5. The number of nitrogens with one attached hydrogen (secondary N) is 1. The van der Waals surface area contributed by atoms with Gasteiger partial charge in [-0.2, -0.15) is 0 Å². The number of nitrogens with two attached hydrogens (primary N) is 1. The lowest BCUT2D eigenvalue weighted by Gasteiger charge is -2.28. The van der Waals surface area contributed by atoms with Crippen LogP contribution in [-0.4, -0.2) is 11.5 Å². The molecule has 0 bridgehead atoms. The average molecular weight is 311 g/mol. The van der Waals surface area contributed by atoms with Crippen molar-refractivity contribution in [3.8, 4) is 0 Å². The van der Waals surface area contributed by atoms with E-state index in [-0.39, 0.29) is 0 Å². The number of thiocarbonyl (C=S) groups is 1. The van der Waals surface area contributed by atoms with Crippen LogP contribution in [0.15, 0.2) is 18.2 Å². The molecular formula is C16H23ClN2S. The smallest absolute Gasteiger partial charge is 0.106 e. The van der Waals surface area contributed by atoms with Crippen LogP contribution in [-0.2, 0) is 0 Å². The van der Waals surface area contributed by atoms with Gasteiger partial charge in [-0.1, -0.05) is 50.0 Å². The van der Waals surface area contributed by atoms with Gasteiger partial charge in [0.15, 0.2) is 0 Å². The highest BCUT2D eigenvalue weighted by molar-refractivity contribution is 7.80. The average Bonchev–Trinajstić information content (AvgIpc) is 2.45. The van der Waals surface area contributed by atoms with E-state index in [1.54, 1.807) is 0 Å². The van der Waals surface area contributed by atoms with Crippen molar-refractivity contribution in [1.82, 2.24) is 0 Å². The standard InChI is InChI=1S/C16H23ClN2S/c1-2-11-3-5-12(6-4-11)10-19-15-9-13(17)7-8-14(15)16(18)20/h7-9,11-12,19H,2-6,10H2,1H3,(H2,18,20). The molecule has 1 saturated carbocycles. The molecule has 0 spiro atoms. The second-order valence-electron chi connectivity index (χ2n) is 5.73. The lowest BCUT2D eigenvalue weighted by molar-refractivity contribution is 0.278. The fourth-order valence-electron chi connectivity index (χ4n) is 2.98. The first-order valence-corrected chi connectivity index (χ1v) is 8.22. The number of hydrogen-bond acceptors (Lipinski definition) is 2. The van der Waals surface area contributed by atoms with Crippen molar-refractivity contribution in [2.45, 2.75) is 39.0 Å². The molecule has 2 rings (SSSR count). The summed E-state index contributed by atoms with van der Waals surface area (Å²) in [5, 5.41) is 4.20. The van der Waals surface area contributed by atoms with Crippen LogP contribution in [0, 0.1) is 11.8 Å². The Morgan fingerprint density at radius 1 is 1.30 bits per heavy atom. The van der Waals surface area contributed by atoms with E-state index < -0.39 is 0 Å². The Balaban J connectivity index is 1.94. The van der Waals surface area contributed by atoms with Crippen molar-refractivity contribution in [3.05, 3.63) is 28.8 Å². The van der Waals surface area contributed by atoms with Crippen LogP contribution in [0.5, 0.6) is 0 Å². The van der Waals surface area contributed by atoms with E-state index in [0.29, 0.717) is 10.0 Å². The molecule has 4 heteroatoms. The second kappa shape index (κ2) is 7.28. The Morgan fingerprint density at radius 3 is 2.55 bits per heavy atom. The summed E-state index contributed by atoms with van der Waals surface area (Å²) >= 11 is 11.1. The first kappa shape index (κ1) is 15.6. The van der Waals surface area contributed by atoms with E-state index in [0.717, 1.165) is 29.6 Å². The predicted octanol–water partition coefficient (Wildman–Crippen LogP) is 4.60. The zero-order chi connectivity index (χ0) is 14.5. The summed E-state index contributed by atoms with van der Waals surface area (Å²) in [5.74, 6) is 1.68. The van der Waals surface area contributed by atoms with Crippen LogP contribution >= 0.6 is 23.8 Å².